The van der Waals surface area contributed by atoms with Crippen molar-refractivity contribution < 1.29 is 9.90 Å². The molecule has 0 aliphatic carbocycles. The number of carboxylic acids is 1. The molecule has 8 heavy (non-hydrogen) atoms. The normalized spacial score (nSPS) is 36.1. The van der Waals surface area contributed by atoms with E-state index >= 15 is 0 Å². The summed E-state index contributed by atoms with van der Waals surface area (Å²) in [5.74, 6) is -0.420. The van der Waals surface area contributed by atoms with E-state index in [9.17, 15) is 4.79 Å². The van der Waals surface area contributed by atoms with Crippen LogP contribution in [0, 0.1) is 5.92 Å². The summed E-state index contributed by atoms with van der Waals surface area (Å²) < 4.78 is 0. The molecule has 1 rings (SSSR count). The van der Waals surface area contributed by atoms with Gasteiger partial charge in [-0.05, 0) is 5.92 Å². The van der Waals surface area contributed by atoms with Gasteiger partial charge in [-0.25, -0.2) is 0 Å². The molecule has 1 aliphatic heterocycles. The number of hydrogen-bond donors (Lipinski definition) is 2. The SMILES string of the molecule is C[C@H]1CN[C@@H]1C(=O)O. The van der Waals surface area contributed by atoms with E-state index in [4.69, 9.17) is 5.11 Å². The van der Waals surface area contributed by atoms with Gasteiger partial charge < -0.3 is 10.4 Å². The molecule has 1 aliphatic rings. The fraction of sp³-hybridized carbons (Fsp3) is 0.800. The predicted molar refractivity (Wildman–Crippen MR) is 28.6 cm³/mol. The fourth-order valence-corrected chi connectivity index (χ4v) is 0.802. The molecular formula is C5H9NO2. The molecule has 0 amide bonds. The largest absolute Gasteiger partial charge is 0.480 e. The standard InChI is InChI=1S/C5H9NO2/c1-3-2-6-4(3)5(7)8/h3-4,6H,2H2,1H3,(H,7,8)/t3-,4-/m0/s1. The zero-order valence-corrected chi connectivity index (χ0v) is 4.72. The first kappa shape index (κ1) is 5.56. The van der Waals surface area contributed by atoms with Crippen LogP contribution in [-0.2, 0) is 4.79 Å². The van der Waals surface area contributed by atoms with Crippen molar-refractivity contribution in [2.45, 2.75) is 13.0 Å². The van der Waals surface area contributed by atoms with E-state index in [0.717, 1.165) is 6.54 Å². The lowest BCUT2D eigenvalue weighted by Gasteiger charge is -2.31. The maximum atomic E-state index is 10.1. The molecule has 0 spiro atoms. The Kier molecular flexibility index (Phi) is 1.21. The topological polar surface area (TPSA) is 49.3 Å². The summed E-state index contributed by atoms with van der Waals surface area (Å²) in [6, 6.07) is -0.282. The Morgan fingerprint density at radius 2 is 2.50 bits per heavy atom. The second kappa shape index (κ2) is 1.74. The van der Waals surface area contributed by atoms with Gasteiger partial charge in [0, 0.05) is 6.54 Å². The molecule has 0 unspecified atom stereocenters. The molecule has 2 N–H and O–H groups in total. The van der Waals surface area contributed by atoms with Crippen molar-refractivity contribution in [3.8, 4) is 0 Å². The lowest BCUT2D eigenvalue weighted by atomic mass is 9.94. The van der Waals surface area contributed by atoms with Gasteiger partial charge in [0.15, 0.2) is 0 Å². The van der Waals surface area contributed by atoms with E-state index in [1.165, 1.54) is 0 Å². The Hall–Kier alpha value is -0.570. The van der Waals surface area contributed by atoms with Crippen LogP contribution >= 0.6 is 0 Å². The lowest BCUT2D eigenvalue weighted by molar-refractivity contribution is -0.143. The van der Waals surface area contributed by atoms with Gasteiger partial charge in [-0.1, -0.05) is 6.92 Å². The van der Waals surface area contributed by atoms with Crippen LogP contribution in [0.1, 0.15) is 6.92 Å². The van der Waals surface area contributed by atoms with Crippen molar-refractivity contribution in [2.24, 2.45) is 5.92 Å². The van der Waals surface area contributed by atoms with Crippen molar-refractivity contribution in [3.05, 3.63) is 0 Å². The monoisotopic (exact) mass is 115 g/mol. The van der Waals surface area contributed by atoms with Crippen molar-refractivity contribution in [1.82, 2.24) is 5.32 Å². The van der Waals surface area contributed by atoms with Gasteiger partial charge in [0.05, 0.1) is 0 Å². The fourth-order valence-electron chi connectivity index (χ4n) is 0.802. The van der Waals surface area contributed by atoms with Crippen LogP contribution in [0.3, 0.4) is 0 Å². The molecule has 0 saturated carbocycles. The van der Waals surface area contributed by atoms with Crippen LogP contribution in [0.4, 0.5) is 0 Å². The highest BCUT2D eigenvalue weighted by Gasteiger charge is 2.31. The van der Waals surface area contributed by atoms with Crippen LogP contribution in [0.25, 0.3) is 0 Å². The molecule has 0 aromatic carbocycles. The second-order valence-corrected chi connectivity index (χ2v) is 2.20. The van der Waals surface area contributed by atoms with Gasteiger partial charge in [0.25, 0.3) is 0 Å². The van der Waals surface area contributed by atoms with Gasteiger partial charge in [-0.15, -0.1) is 0 Å². The first-order valence-corrected chi connectivity index (χ1v) is 2.68. The smallest absolute Gasteiger partial charge is 0.321 e. The zero-order chi connectivity index (χ0) is 6.15. The molecule has 0 aromatic rings. The quantitative estimate of drug-likeness (QED) is 0.492. The first-order valence-electron chi connectivity index (χ1n) is 2.68. The summed E-state index contributed by atoms with van der Waals surface area (Å²) in [5, 5.41) is 11.1. The molecule has 0 aromatic heterocycles. The van der Waals surface area contributed by atoms with Gasteiger partial charge in [0.1, 0.15) is 6.04 Å². The van der Waals surface area contributed by atoms with Gasteiger partial charge in [-0.3, -0.25) is 4.79 Å². The third-order valence-electron chi connectivity index (χ3n) is 1.49. The van der Waals surface area contributed by atoms with Gasteiger partial charge >= 0.3 is 5.97 Å². The summed E-state index contributed by atoms with van der Waals surface area (Å²) in [6.07, 6.45) is 0. The van der Waals surface area contributed by atoms with Crippen molar-refractivity contribution in [3.63, 3.8) is 0 Å². The number of aliphatic carboxylic acids is 1. The summed E-state index contributed by atoms with van der Waals surface area (Å²) in [5.41, 5.74) is 0. The number of rotatable bonds is 1. The highest BCUT2D eigenvalue weighted by molar-refractivity contribution is 5.74. The Balaban J connectivity index is 2.37. The maximum Gasteiger partial charge on any atom is 0.321 e. The Bertz CT molecular complexity index is 113. The van der Waals surface area contributed by atoms with Crippen LogP contribution in [-0.4, -0.2) is 23.7 Å². The van der Waals surface area contributed by atoms with Crippen LogP contribution in [0.2, 0.25) is 0 Å². The molecule has 1 saturated heterocycles. The summed E-state index contributed by atoms with van der Waals surface area (Å²) in [4.78, 5) is 10.1. The number of carbonyl (C=O) groups is 1. The molecule has 46 valence electrons. The minimum atomic E-state index is -0.733. The van der Waals surface area contributed by atoms with Crippen molar-refractivity contribution >= 4 is 5.97 Å². The minimum absolute atomic E-state index is 0.282. The molecule has 2 atom stereocenters. The Morgan fingerprint density at radius 1 is 1.88 bits per heavy atom. The van der Waals surface area contributed by atoms with Crippen LogP contribution in [0.5, 0.6) is 0 Å². The predicted octanol–water partition coefficient (Wildman–Crippen LogP) is -0.321. The number of carboxylic acid groups (broad SMARTS) is 1. The maximum absolute atomic E-state index is 10.1. The summed E-state index contributed by atoms with van der Waals surface area (Å²) in [7, 11) is 0. The van der Waals surface area contributed by atoms with Crippen LogP contribution < -0.4 is 5.32 Å². The van der Waals surface area contributed by atoms with E-state index in [1.807, 2.05) is 6.92 Å². The van der Waals surface area contributed by atoms with Gasteiger partial charge in [0.2, 0.25) is 0 Å². The minimum Gasteiger partial charge on any atom is -0.480 e. The third kappa shape index (κ3) is 0.690. The number of nitrogens with one attached hydrogen (secondary N) is 1. The molecule has 0 radical (unpaired) electrons. The molecular weight excluding hydrogens is 106 g/mol. The van der Waals surface area contributed by atoms with E-state index in [-0.39, 0.29) is 6.04 Å². The number of hydrogen-bond acceptors (Lipinski definition) is 2. The van der Waals surface area contributed by atoms with E-state index in [2.05, 4.69) is 5.32 Å². The second-order valence-electron chi connectivity index (χ2n) is 2.20. The average molecular weight is 115 g/mol. The highest BCUT2D eigenvalue weighted by atomic mass is 16.4. The average Bonchev–Trinajstić information content (AvgIpc) is 1.61. The zero-order valence-electron chi connectivity index (χ0n) is 4.72. The first-order chi connectivity index (χ1) is 3.72. The van der Waals surface area contributed by atoms with E-state index in [1.54, 1.807) is 0 Å². The highest BCUT2D eigenvalue weighted by Crippen LogP contribution is 2.10. The molecule has 1 heterocycles. The lowest BCUT2D eigenvalue weighted by Crippen LogP contribution is -2.55. The van der Waals surface area contributed by atoms with Crippen molar-refractivity contribution in [1.29, 1.82) is 0 Å². The molecule has 0 bridgehead atoms. The molecule has 1 fully saturated rings. The van der Waals surface area contributed by atoms with Crippen LogP contribution in [0.15, 0.2) is 0 Å². The van der Waals surface area contributed by atoms with Gasteiger partial charge in [-0.2, -0.15) is 0 Å². The molecule has 3 nitrogen and oxygen atoms in total. The van der Waals surface area contributed by atoms with E-state index in [0.29, 0.717) is 5.92 Å². The third-order valence-corrected chi connectivity index (χ3v) is 1.49. The Labute approximate surface area is 47.7 Å². The van der Waals surface area contributed by atoms with Crippen molar-refractivity contribution in [2.75, 3.05) is 6.54 Å². The summed E-state index contributed by atoms with van der Waals surface area (Å²) in [6.45, 7) is 2.77. The van der Waals surface area contributed by atoms with E-state index < -0.39 is 5.97 Å². The Morgan fingerprint density at radius 3 is 2.50 bits per heavy atom. The molecule has 3 heteroatoms. The summed E-state index contributed by atoms with van der Waals surface area (Å²) >= 11 is 0.